The summed E-state index contributed by atoms with van der Waals surface area (Å²) in [5, 5.41) is 0. The molecule has 0 unspecified atom stereocenters. The molecule has 0 radical (unpaired) electrons. The Morgan fingerprint density at radius 2 is 2.00 bits per heavy atom. The van der Waals surface area contributed by atoms with Crippen molar-refractivity contribution in [3.63, 3.8) is 0 Å². The van der Waals surface area contributed by atoms with Gasteiger partial charge < -0.3 is 4.74 Å². The number of methoxy groups -OCH3 is 1. The molecule has 0 amide bonds. The number of allylic oxidation sites excluding steroid dienone is 4. The predicted octanol–water partition coefficient (Wildman–Crippen LogP) is 4.13. The van der Waals surface area contributed by atoms with E-state index in [-0.39, 0.29) is 0 Å². The third kappa shape index (κ3) is 4.36. The van der Waals surface area contributed by atoms with E-state index in [1.165, 1.54) is 31.3 Å². The minimum Gasteiger partial charge on any atom is -0.381 e. The molecule has 0 aromatic rings. The van der Waals surface area contributed by atoms with Crippen LogP contribution in [0, 0.1) is 11.8 Å². The quantitative estimate of drug-likeness (QED) is 0.633. The highest BCUT2D eigenvalue weighted by Gasteiger charge is 2.19. The zero-order valence-electron chi connectivity index (χ0n) is 10.6. The molecule has 0 aromatic heterocycles. The normalized spacial score (nSPS) is 27.2. The minimum atomic E-state index is 0.692. The van der Waals surface area contributed by atoms with Gasteiger partial charge in [-0.25, -0.2) is 0 Å². The Morgan fingerprint density at radius 3 is 2.56 bits per heavy atom. The number of hydrogen-bond acceptors (Lipinski definition) is 1. The molecule has 0 aromatic carbocycles. The van der Waals surface area contributed by atoms with E-state index in [2.05, 4.69) is 31.7 Å². The highest BCUT2D eigenvalue weighted by atomic mass is 16.5. The van der Waals surface area contributed by atoms with Crippen molar-refractivity contribution in [1.29, 1.82) is 0 Å². The zero-order chi connectivity index (χ0) is 11.8. The zero-order valence-corrected chi connectivity index (χ0v) is 10.6. The summed E-state index contributed by atoms with van der Waals surface area (Å²) in [5.74, 6) is 1.63. The summed E-state index contributed by atoms with van der Waals surface area (Å²) >= 11 is 0. The lowest BCUT2D eigenvalue weighted by molar-refractivity contribution is 0.233. The highest BCUT2D eigenvalue weighted by molar-refractivity contribution is 5.26. The van der Waals surface area contributed by atoms with Gasteiger partial charge in [-0.3, -0.25) is 0 Å². The first-order valence-electron chi connectivity index (χ1n) is 6.26. The molecule has 1 nitrogen and oxygen atoms in total. The molecule has 16 heavy (non-hydrogen) atoms. The van der Waals surface area contributed by atoms with Crippen LogP contribution in [0.25, 0.3) is 0 Å². The highest BCUT2D eigenvalue weighted by Crippen LogP contribution is 2.33. The van der Waals surface area contributed by atoms with Crippen molar-refractivity contribution in [3.05, 3.63) is 36.5 Å². The second kappa shape index (κ2) is 7.45. The maximum Gasteiger partial charge on any atom is 0.0646 e. The molecule has 0 saturated heterocycles. The van der Waals surface area contributed by atoms with E-state index in [1.54, 1.807) is 7.11 Å². The molecule has 1 heteroatoms. The fraction of sp³-hybridized carbons (Fsp3) is 0.600. The van der Waals surface area contributed by atoms with Gasteiger partial charge in [0.2, 0.25) is 0 Å². The first-order valence-corrected chi connectivity index (χ1v) is 6.26. The molecule has 1 aliphatic carbocycles. The minimum absolute atomic E-state index is 0.692. The molecule has 0 bridgehead atoms. The Labute approximate surface area is 99.9 Å². The van der Waals surface area contributed by atoms with Crippen molar-refractivity contribution >= 4 is 0 Å². The van der Waals surface area contributed by atoms with Crippen LogP contribution in [0.2, 0.25) is 0 Å². The Hall–Kier alpha value is -0.820. The van der Waals surface area contributed by atoms with E-state index in [0.29, 0.717) is 6.61 Å². The predicted molar refractivity (Wildman–Crippen MR) is 70.4 cm³/mol. The maximum atomic E-state index is 5.03. The van der Waals surface area contributed by atoms with E-state index in [0.717, 1.165) is 11.8 Å². The monoisotopic (exact) mass is 220 g/mol. The third-order valence-electron chi connectivity index (χ3n) is 3.37. The standard InChI is InChI=1S/C15H24O/c1-4-6-14(7-5-12-16-3)15-10-8-13(2)9-11-15/h4-7,13,15H,1,8-12H2,2-3H3/b7-5-,14-6+. The second-order valence-corrected chi connectivity index (χ2v) is 4.72. The Kier molecular flexibility index (Phi) is 6.17. The van der Waals surface area contributed by atoms with Crippen molar-refractivity contribution < 1.29 is 4.74 Å². The molecule has 0 aliphatic heterocycles. The molecule has 0 N–H and O–H groups in total. The maximum absolute atomic E-state index is 5.03. The van der Waals surface area contributed by atoms with E-state index < -0.39 is 0 Å². The fourth-order valence-electron chi connectivity index (χ4n) is 2.34. The van der Waals surface area contributed by atoms with Crippen molar-refractivity contribution in [2.24, 2.45) is 11.8 Å². The summed E-state index contributed by atoms with van der Waals surface area (Å²) in [4.78, 5) is 0. The topological polar surface area (TPSA) is 9.23 Å². The van der Waals surface area contributed by atoms with Crippen LogP contribution in [-0.4, -0.2) is 13.7 Å². The smallest absolute Gasteiger partial charge is 0.0646 e. The molecular formula is C15H24O. The lowest BCUT2D eigenvalue weighted by Gasteiger charge is -2.27. The van der Waals surface area contributed by atoms with E-state index in [4.69, 9.17) is 4.74 Å². The lowest BCUT2D eigenvalue weighted by Crippen LogP contribution is -2.13. The molecule has 90 valence electrons. The van der Waals surface area contributed by atoms with Crippen LogP contribution in [0.4, 0.5) is 0 Å². The van der Waals surface area contributed by atoms with Crippen molar-refractivity contribution in [2.45, 2.75) is 32.6 Å². The summed E-state index contributed by atoms with van der Waals surface area (Å²) in [6.07, 6.45) is 13.7. The Morgan fingerprint density at radius 1 is 1.31 bits per heavy atom. The SMILES string of the molecule is C=C/C=C(\C=C/COC)C1CCC(C)CC1. The van der Waals surface area contributed by atoms with Crippen LogP contribution in [0.5, 0.6) is 0 Å². The number of ether oxygens (including phenoxy) is 1. The first-order chi connectivity index (χ1) is 7.77. The van der Waals surface area contributed by atoms with Gasteiger partial charge in [-0.05, 0) is 30.3 Å². The van der Waals surface area contributed by atoms with Gasteiger partial charge in [0.25, 0.3) is 0 Å². The molecular weight excluding hydrogens is 196 g/mol. The second-order valence-electron chi connectivity index (χ2n) is 4.72. The number of hydrogen-bond donors (Lipinski definition) is 0. The number of rotatable bonds is 5. The van der Waals surface area contributed by atoms with Crippen LogP contribution in [-0.2, 0) is 4.74 Å². The van der Waals surface area contributed by atoms with Crippen molar-refractivity contribution in [3.8, 4) is 0 Å². The van der Waals surface area contributed by atoms with Gasteiger partial charge >= 0.3 is 0 Å². The summed E-state index contributed by atoms with van der Waals surface area (Å²) in [7, 11) is 1.73. The average Bonchev–Trinajstić information content (AvgIpc) is 2.29. The summed E-state index contributed by atoms with van der Waals surface area (Å²) in [6, 6.07) is 0. The summed E-state index contributed by atoms with van der Waals surface area (Å²) in [5.41, 5.74) is 1.42. The largest absolute Gasteiger partial charge is 0.381 e. The molecule has 1 rings (SSSR count). The molecule has 0 heterocycles. The average molecular weight is 220 g/mol. The van der Waals surface area contributed by atoms with Gasteiger partial charge in [0.1, 0.15) is 0 Å². The molecule has 0 atom stereocenters. The van der Waals surface area contributed by atoms with Gasteiger partial charge in [0.05, 0.1) is 6.61 Å². The Balaban J connectivity index is 2.56. The van der Waals surface area contributed by atoms with Gasteiger partial charge in [-0.2, -0.15) is 0 Å². The lowest BCUT2D eigenvalue weighted by atomic mass is 9.79. The van der Waals surface area contributed by atoms with Gasteiger partial charge in [0.15, 0.2) is 0 Å². The van der Waals surface area contributed by atoms with Gasteiger partial charge in [0, 0.05) is 7.11 Å². The molecule has 0 spiro atoms. The van der Waals surface area contributed by atoms with Crippen LogP contribution in [0.1, 0.15) is 32.6 Å². The Bertz CT molecular complexity index is 255. The van der Waals surface area contributed by atoms with Crippen LogP contribution >= 0.6 is 0 Å². The van der Waals surface area contributed by atoms with E-state index >= 15 is 0 Å². The van der Waals surface area contributed by atoms with Gasteiger partial charge in [-0.1, -0.05) is 50.6 Å². The van der Waals surface area contributed by atoms with Crippen molar-refractivity contribution in [2.75, 3.05) is 13.7 Å². The van der Waals surface area contributed by atoms with E-state index in [1.807, 2.05) is 6.08 Å². The summed E-state index contributed by atoms with van der Waals surface area (Å²) < 4.78 is 5.03. The van der Waals surface area contributed by atoms with Gasteiger partial charge in [-0.15, -0.1) is 0 Å². The van der Waals surface area contributed by atoms with Crippen molar-refractivity contribution in [1.82, 2.24) is 0 Å². The fourth-order valence-corrected chi connectivity index (χ4v) is 2.34. The van der Waals surface area contributed by atoms with Crippen LogP contribution in [0.3, 0.4) is 0 Å². The molecule has 1 aliphatic rings. The van der Waals surface area contributed by atoms with Crippen LogP contribution in [0.15, 0.2) is 36.5 Å². The van der Waals surface area contributed by atoms with Crippen LogP contribution < -0.4 is 0 Å². The third-order valence-corrected chi connectivity index (χ3v) is 3.37. The molecule has 1 fully saturated rings. The van der Waals surface area contributed by atoms with E-state index in [9.17, 15) is 0 Å². The summed E-state index contributed by atoms with van der Waals surface area (Å²) in [6.45, 7) is 6.84. The first kappa shape index (κ1) is 13.2. The molecule has 1 saturated carbocycles.